The summed E-state index contributed by atoms with van der Waals surface area (Å²) in [5, 5.41) is 17.2. The minimum absolute atomic E-state index is 0. The van der Waals surface area contributed by atoms with Gasteiger partial charge in [0, 0.05) is 31.5 Å². The zero-order valence-electron chi connectivity index (χ0n) is 15.7. The fourth-order valence-corrected chi connectivity index (χ4v) is 2.33. The Kier molecular flexibility index (Phi) is 14.6. The number of likely N-dealkylation sites (N-methyl/N-ethyl adjacent to an activating group) is 1. The summed E-state index contributed by atoms with van der Waals surface area (Å²) in [5.41, 5.74) is 1.89. The highest BCUT2D eigenvalue weighted by atomic mass is 35.5. The Bertz CT molecular complexity index is 506. The van der Waals surface area contributed by atoms with Gasteiger partial charge in [-0.1, -0.05) is 20.8 Å². The van der Waals surface area contributed by atoms with Crippen molar-refractivity contribution in [2.75, 3.05) is 32.1 Å². The highest BCUT2D eigenvalue weighted by Gasteiger charge is 2.12. The molecule has 0 heterocycles. The van der Waals surface area contributed by atoms with E-state index < -0.39 is 5.97 Å². The van der Waals surface area contributed by atoms with E-state index in [1.807, 2.05) is 19.1 Å². The molecule has 7 heteroatoms. The third-order valence-electron chi connectivity index (χ3n) is 3.46. The van der Waals surface area contributed by atoms with Crippen LogP contribution in [0.4, 0.5) is 0 Å². The zero-order valence-corrected chi connectivity index (χ0v) is 17.3. The van der Waals surface area contributed by atoms with E-state index in [-0.39, 0.29) is 12.4 Å². The van der Waals surface area contributed by atoms with E-state index in [1.54, 1.807) is 0 Å². The van der Waals surface area contributed by atoms with Crippen LogP contribution < -0.4 is 4.74 Å². The van der Waals surface area contributed by atoms with Gasteiger partial charge in [-0.05, 0) is 37.1 Å². The third-order valence-corrected chi connectivity index (χ3v) is 3.63. The second kappa shape index (κ2) is 14.0. The number of phenolic OH excluding ortho intramolecular Hbond substituents is 1. The van der Waals surface area contributed by atoms with Crippen LogP contribution in [0.2, 0.25) is 0 Å². The second-order valence-electron chi connectivity index (χ2n) is 5.82. The molecule has 25 heavy (non-hydrogen) atoms. The molecule has 146 valence electrons. The number of hydrogen-bond donors (Lipinski definition) is 2. The number of hydrogen-bond acceptors (Lipinski definition) is 4. The Morgan fingerprint density at radius 2 is 1.88 bits per heavy atom. The van der Waals surface area contributed by atoms with Crippen molar-refractivity contribution in [3.05, 3.63) is 23.3 Å². The molecule has 0 unspecified atom stereocenters. The fourth-order valence-electron chi connectivity index (χ4n) is 2.09. The lowest BCUT2D eigenvalue weighted by Crippen LogP contribution is -2.30. The lowest BCUT2D eigenvalue weighted by atomic mass is 10.00. The van der Waals surface area contributed by atoms with Crippen molar-refractivity contribution >= 4 is 30.0 Å². The van der Waals surface area contributed by atoms with Gasteiger partial charge in [-0.3, -0.25) is 9.69 Å². The van der Waals surface area contributed by atoms with Gasteiger partial charge < -0.3 is 14.9 Å². The number of carboxylic acid groups (broad SMARTS) is 1. The molecule has 0 atom stereocenters. The molecule has 1 aromatic rings. The van der Waals surface area contributed by atoms with Crippen LogP contribution in [-0.2, 0) is 4.79 Å². The van der Waals surface area contributed by atoms with E-state index in [4.69, 9.17) is 26.2 Å². The number of halogens is 2. The van der Waals surface area contributed by atoms with Crippen LogP contribution in [0, 0.1) is 6.92 Å². The lowest BCUT2D eigenvalue weighted by Gasteiger charge is -2.21. The number of aliphatic carboxylic acids is 1. The van der Waals surface area contributed by atoms with E-state index in [9.17, 15) is 5.11 Å². The molecule has 0 saturated carbocycles. The van der Waals surface area contributed by atoms with Crippen molar-refractivity contribution in [2.45, 2.75) is 40.5 Å². The molecule has 2 N–H and O–H groups in total. The highest BCUT2D eigenvalue weighted by molar-refractivity contribution is 6.18. The Balaban J connectivity index is 0. The summed E-state index contributed by atoms with van der Waals surface area (Å²) in [6.07, 6.45) is 0. The van der Waals surface area contributed by atoms with E-state index in [2.05, 4.69) is 25.7 Å². The van der Waals surface area contributed by atoms with Gasteiger partial charge in [-0.15, -0.1) is 24.0 Å². The zero-order chi connectivity index (χ0) is 18.7. The highest BCUT2D eigenvalue weighted by Crippen LogP contribution is 2.32. The van der Waals surface area contributed by atoms with E-state index >= 15 is 0 Å². The molecule has 5 nitrogen and oxygen atoms in total. The van der Waals surface area contributed by atoms with Gasteiger partial charge in [-0.25, -0.2) is 0 Å². The Hall–Kier alpha value is -1.17. The number of alkyl halides is 1. The van der Waals surface area contributed by atoms with Gasteiger partial charge >= 0.3 is 0 Å². The molecule has 1 rings (SSSR count). The van der Waals surface area contributed by atoms with Crippen LogP contribution in [0.3, 0.4) is 0 Å². The van der Waals surface area contributed by atoms with E-state index in [1.165, 1.54) is 0 Å². The topological polar surface area (TPSA) is 70.0 Å². The van der Waals surface area contributed by atoms with E-state index in [0.29, 0.717) is 24.2 Å². The summed E-state index contributed by atoms with van der Waals surface area (Å²) in [5.74, 6) is 1.33. The summed E-state index contributed by atoms with van der Waals surface area (Å²) in [7, 11) is 0. The molecule has 0 fully saturated rings. The maximum absolute atomic E-state index is 9.82. The largest absolute Gasteiger partial charge is 0.508 e. The summed E-state index contributed by atoms with van der Waals surface area (Å²) in [6, 6.07) is 3.73. The van der Waals surface area contributed by atoms with Crippen LogP contribution in [0.15, 0.2) is 12.1 Å². The predicted octanol–water partition coefficient (Wildman–Crippen LogP) is 4.28. The summed E-state index contributed by atoms with van der Waals surface area (Å²) in [4.78, 5) is 11.3. The van der Waals surface area contributed by atoms with Crippen molar-refractivity contribution in [3.8, 4) is 11.5 Å². The monoisotopic (exact) mass is 395 g/mol. The average Bonchev–Trinajstić information content (AvgIpc) is 2.48. The fraction of sp³-hybridized carbons (Fsp3) is 0.611. The molecule has 0 aliphatic rings. The number of phenols is 1. The lowest BCUT2D eigenvalue weighted by molar-refractivity contribution is -0.134. The van der Waals surface area contributed by atoms with Crippen molar-refractivity contribution in [2.24, 2.45) is 0 Å². The molecule has 0 aromatic heterocycles. The Morgan fingerprint density at radius 1 is 1.32 bits per heavy atom. The summed E-state index contributed by atoms with van der Waals surface area (Å²) < 4.78 is 5.92. The molecular weight excluding hydrogens is 365 g/mol. The average molecular weight is 396 g/mol. The quantitative estimate of drug-likeness (QED) is 0.642. The maximum Gasteiger partial charge on any atom is 0.300 e. The van der Waals surface area contributed by atoms with Gasteiger partial charge in [0.15, 0.2) is 0 Å². The molecule has 0 bridgehead atoms. The molecule has 0 aliphatic heterocycles. The number of rotatable bonds is 8. The predicted molar refractivity (Wildman–Crippen MR) is 106 cm³/mol. The first-order chi connectivity index (χ1) is 11.2. The van der Waals surface area contributed by atoms with Crippen molar-refractivity contribution < 1.29 is 19.7 Å². The smallest absolute Gasteiger partial charge is 0.300 e. The number of aryl methyl sites for hydroxylation is 1. The molecular formula is C18H31Cl2NO4. The Labute approximate surface area is 162 Å². The van der Waals surface area contributed by atoms with Gasteiger partial charge in [0.05, 0.1) is 0 Å². The van der Waals surface area contributed by atoms with Gasteiger partial charge in [0.2, 0.25) is 0 Å². The number of carboxylic acids is 1. The number of ether oxygens (including phenoxy) is 1. The molecule has 0 aliphatic carbocycles. The first-order valence-corrected chi connectivity index (χ1v) is 8.70. The van der Waals surface area contributed by atoms with Crippen LogP contribution in [0.1, 0.15) is 44.7 Å². The standard InChI is InChI=1S/C16H26ClNO2.C2H4O2.ClH/c1-5-18(7-6-17)8-9-20-16-10-13(4)15(19)11-14(16)12(2)3;1-2(3)4;/h10-12,19H,5-9H2,1-4H3;1H3,(H,3,4);1H. The minimum Gasteiger partial charge on any atom is -0.508 e. The second-order valence-corrected chi connectivity index (χ2v) is 6.20. The number of aromatic hydroxyl groups is 1. The Morgan fingerprint density at radius 3 is 2.32 bits per heavy atom. The SMILES string of the molecule is CC(=O)O.CCN(CCCl)CCOc1cc(C)c(O)cc1C(C)C.Cl. The molecule has 1 aromatic carbocycles. The first-order valence-electron chi connectivity index (χ1n) is 8.17. The first kappa shape index (κ1) is 26.1. The van der Waals surface area contributed by atoms with Gasteiger partial charge in [0.1, 0.15) is 18.1 Å². The number of benzene rings is 1. The molecule has 0 spiro atoms. The van der Waals surface area contributed by atoms with Crippen LogP contribution >= 0.6 is 24.0 Å². The molecule has 0 radical (unpaired) electrons. The maximum atomic E-state index is 9.82. The van der Waals surface area contributed by atoms with Crippen LogP contribution in [0.25, 0.3) is 0 Å². The summed E-state index contributed by atoms with van der Waals surface area (Å²) >= 11 is 5.77. The van der Waals surface area contributed by atoms with Crippen molar-refractivity contribution in [1.29, 1.82) is 0 Å². The molecule has 0 saturated heterocycles. The van der Waals surface area contributed by atoms with E-state index in [0.717, 1.165) is 43.4 Å². The van der Waals surface area contributed by atoms with Crippen LogP contribution in [0.5, 0.6) is 11.5 Å². The summed E-state index contributed by atoms with van der Waals surface area (Å²) in [6.45, 7) is 12.6. The normalized spacial score (nSPS) is 10.1. The van der Waals surface area contributed by atoms with Crippen molar-refractivity contribution in [1.82, 2.24) is 4.90 Å². The van der Waals surface area contributed by atoms with Crippen molar-refractivity contribution in [3.63, 3.8) is 0 Å². The van der Waals surface area contributed by atoms with Gasteiger partial charge in [0.25, 0.3) is 5.97 Å². The minimum atomic E-state index is -0.833. The number of nitrogens with zero attached hydrogens (tertiary/aromatic N) is 1. The molecule has 0 amide bonds. The number of carbonyl (C=O) groups is 1. The van der Waals surface area contributed by atoms with Gasteiger partial charge in [-0.2, -0.15) is 0 Å². The third kappa shape index (κ3) is 11.1. The van der Waals surface area contributed by atoms with Crippen LogP contribution in [-0.4, -0.2) is 53.2 Å².